The van der Waals surface area contributed by atoms with Gasteiger partial charge in [-0.2, -0.15) is 0 Å². The van der Waals surface area contributed by atoms with Crippen LogP contribution in [0.2, 0.25) is 0 Å². The Morgan fingerprint density at radius 1 is 1.27 bits per heavy atom. The SMILES string of the molecule is Cc1ccccc1CN(C)c1ccc(C(=O)NC2CC2)cn1. The van der Waals surface area contributed by atoms with E-state index < -0.39 is 0 Å². The molecular weight excluding hydrogens is 274 g/mol. The fraction of sp³-hybridized carbons (Fsp3) is 0.333. The van der Waals surface area contributed by atoms with Gasteiger partial charge in [0, 0.05) is 25.8 Å². The van der Waals surface area contributed by atoms with Crippen LogP contribution < -0.4 is 10.2 Å². The van der Waals surface area contributed by atoms with E-state index in [0.29, 0.717) is 11.6 Å². The van der Waals surface area contributed by atoms with Gasteiger partial charge in [0.05, 0.1) is 5.56 Å². The minimum atomic E-state index is -0.0249. The lowest BCUT2D eigenvalue weighted by Gasteiger charge is -2.19. The van der Waals surface area contributed by atoms with Gasteiger partial charge in [-0.25, -0.2) is 4.98 Å². The minimum absolute atomic E-state index is 0.0249. The molecule has 1 aromatic heterocycles. The van der Waals surface area contributed by atoms with Crippen LogP contribution >= 0.6 is 0 Å². The monoisotopic (exact) mass is 295 g/mol. The highest BCUT2D eigenvalue weighted by molar-refractivity contribution is 5.94. The number of carbonyl (C=O) groups excluding carboxylic acids is 1. The van der Waals surface area contributed by atoms with Gasteiger partial charge in [-0.3, -0.25) is 4.79 Å². The predicted octanol–water partition coefficient (Wildman–Crippen LogP) is 2.92. The Balaban J connectivity index is 1.66. The number of aromatic nitrogens is 1. The average molecular weight is 295 g/mol. The lowest BCUT2D eigenvalue weighted by atomic mass is 10.1. The number of hydrogen-bond donors (Lipinski definition) is 1. The Labute approximate surface area is 131 Å². The molecule has 3 rings (SSSR count). The van der Waals surface area contributed by atoms with Crippen molar-refractivity contribution >= 4 is 11.7 Å². The Morgan fingerprint density at radius 2 is 2.05 bits per heavy atom. The maximum absolute atomic E-state index is 11.9. The van der Waals surface area contributed by atoms with Gasteiger partial charge in [-0.05, 0) is 43.0 Å². The Hall–Kier alpha value is -2.36. The van der Waals surface area contributed by atoms with Gasteiger partial charge in [0.15, 0.2) is 0 Å². The van der Waals surface area contributed by atoms with E-state index in [2.05, 4.69) is 40.3 Å². The first-order chi connectivity index (χ1) is 10.6. The smallest absolute Gasteiger partial charge is 0.253 e. The summed E-state index contributed by atoms with van der Waals surface area (Å²) in [4.78, 5) is 18.5. The normalized spacial score (nSPS) is 13.7. The summed E-state index contributed by atoms with van der Waals surface area (Å²) < 4.78 is 0. The third kappa shape index (κ3) is 3.45. The number of nitrogens with zero attached hydrogens (tertiary/aromatic N) is 2. The summed E-state index contributed by atoms with van der Waals surface area (Å²) in [5.74, 6) is 0.842. The van der Waals surface area contributed by atoms with Crippen LogP contribution in [0.3, 0.4) is 0 Å². The van der Waals surface area contributed by atoms with Crippen molar-refractivity contribution < 1.29 is 4.79 Å². The van der Waals surface area contributed by atoms with Crippen molar-refractivity contribution in [3.05, 3.63) is 59.3 Å². The summed E-state index contributed by atoms with van der Waals surface area (Å²) in [5, 5.41) is 2.97. The maximum Gasteiger partial charge on any atom is 0.253 e. The second-order valence-corrected chi connectivity index (χ2v) is 5.94. The summed E-state index contributed by atoms with van der Waals surface area (Å²) in [7, 11) is 2.01. The van der Waals surface area contributed by atoms with Crippen LogP contribution in [0.4, 0.5) is 5.82 Å². The number of benzene rings is 1. The summed E-state index contributed by atoms with van der Waals surface area (Å²) >= 11 is 0. The molecule has 1 aliphatic carbocycles. The molecule has 1 N–H and O–H groups in total. The number of amides is 1. The molecule has 0 saturated heterocycles. The van der Waals surface area contributed by atoms with Crippen LogP contribution in [0.25, 0.3) is 0 Å². The van der Waals surface area contributed by atoms with Crippen molar-refractivity contribution in [3.63, 3.8) is 0 Å². The van der Waals surface area contributed by atoms with Gasteiger partial charge < -0.3 is 10.2 Å². The van der Waals surface area contributed by atoms with Crippen molar-refractivity contribution in [2.75, 3.05) is 11.9 Å². The van der Waals surface area contributed by atoms with Crippen molar-refractivity contribution in [1.29, 1.82) is 0 Å². The molecule has 0 atom stereocenters. The number of anilines is 1. The molecule has 4 heteroatoms. The van der Waals surface area contributed by atoms with Gasteiger partial charge in [0.2, 0.25) is 0 Å². The van der Waals surface area contributed by atoms with Crippen LogP contribution in [0.1, 0.15) is 34.3 Å². The van der Waals surface area contributed by atoms with E-state index in [1.807, 2.05) is 25.2 Å². The zero-order valence-electron chi connectivity index (χ0n) is 13.0. The number of rotatable bonds is 5. The second kappa shape index (κ2) is 6.18. The maximum atomic E-state index is 11.9. The molecule has 0 aliphatic heterocycles. The molecule has 1 amide bonds. The molecule has 0 spiro atoms. The van der Waals surface area contributed by atoms with E-state index in [1.165, 1.54) is 11.1 Å². The van der Waals surface area contributed by atoms with Crippen LogP contribution in [0, 0.1) is 6.92 Å². The molecular formula is C18H21N3O. The summed E-state index contributed by atoms with van der Waals surface area (Å²) in [6, 6.07) is 12.5. The molecule has 1 aromatic carbocycles. The fourth-order valence-corrected chi connectivity index (χ4v) is 2.37. The summed E-state index contributed by atoms with van der Waals surface area (Å²) in [6.07, 6.45) is 3.84. The van der Waals surface area contributed by atoms with E-state index >= 15 is 0 Å². The van der Waals surface area contributed by atoms with Gasteiger partial charge in [0.1, 0.15) is 5.82 Å². The second-order valence-electron chi connectivity index (χ2n) is 5.94. The molecule has 1 heterocycles. The van der Waals surface area contributed by atoms with E-state index in [4.69, 9.17) is 0 Å². The van der Waals surface area contributed by atoms with Crippen molar-refractivity contribution in [1.82, 2.24) is 10.3 Å². The van der Waals surface area contributed by atoms with E-state index in [0.717, 1.165) is 25.2 Å². The zero-order chi connectivity index (χ0) is 15.5. The molecule has 0 radical (unpaired) electrons. The standard InChI is InChI=1S/C18H21N3O/c1-13-5-3-4-6-15(13)12-21(2)17-10-7-14(11-19-17)18(22)20-16-8-9-16/h3-7,10-11,16H,8-9,12H2,1-2H3,(H,20,22). The molecule has 22 heavy (non-hydrogen) atoms. The van der Waals surface area contributed by atoms with E-state index in [1.54, 1.807) is 6.20 Å². The van der Waals surface area contributed by atoms with Crippen LogP contribution in [0.15, 0.2) is 42.6 Å². The number of carbonyl (C=O) groups is 1. The topological polar surface area (TPSA) is 45.2 Å². The number of hydrogen-bond acceptors (Lipinski definition) is 3. The first kappa shape index (κ1) is 14.6. The number of aryl methyl sites for hydroxylation is 1. The molecule has 0 unspecified atom stereocenters. The number of pyridine rings is 1. The lowest BCUT2D eigenvalue weighted by Crippen LogP contribution is -2.25. The minimum Gasteiger partial charge on any atom is -0.355 e. The van der Waals surface area contributed by atoms with Gasteiger partial charge in [0.25, 0.3) is 5.91 Å². The number of nitrogens with one attached hydrogen (secondary N) is 1. The third-order valence-electron chi connectivity index (χ3n) is 3.98. The van der Waals surface area contributed by atoms with Crippen molar-refractivity contribution in [2.24, 2.45) is 0 Å². The van der Waals surface area contributed by atoms with Gasteiger partial charge in [-0.15, -0.1) is 0 Å². The lowest BCUT2D eigenvalue weighted by molar-refractivity contribution is 0.0950. The average Bonchev–Trinajstić information content (AvgIpc) is 3.33. The Kier molecular flexibility index (Phi) is 4.09. The third-order valence-corrected chi connectivity index (χ3v) is 3.98. The molecule has 2 aromatic rings. The highest BCUT2D eigenvalue weighted by Gasteiger charge is 2.23. The first-order valence-electron chi connectivity index (χ1n) is 7.66. The summed E-state index contributed by atoms with van der Waals surface area (Å²) in [5.41, 5.74) is 3.18. The molecule has 0 bridgehead atoms. The van der Waals surface area contributed by atoms with Crippen LogP contribution in [-0.4, -0.2) is 24.0 Å². The molecule has 114 valence electrons. The Morgan fingerprint density at radius 3 is 2.68 bits per heavy atom. The van der Waals surface area contributed by atoms with Crippen molar-refractivity contribution in [3.8, 4) is 0 Å². The van der Waals surface area contributed by atoms with Gasteiger partial charge >= 0.3 is 0 Å². The van der Waals surface area contributed by atoms with E-state index in [9.17, 15) is 4.79 Å². The summed E-state index contributed by atoms with van der Waals surface area (Å²) in [6.45, 7) is 2.91. The largest absolute Gasteiger partial charge is 0.355 e. The molecule has 1 saturated carbocycles. The van der Waals surface area contributed by atoms with Crippen LogP contribution in [0.5, 0.6) is 0 Å². The van der Waals surface area contributed by atoms with Gasteiger partial charge in [-0.1, -0.05) is 24.3 Å². The Bertz CT molecular complexity index is 662. The molecule has 1 aliphatic rings. The van der Waals surface area contributed by atoms with Crippen molar-refractivity contribution in [2.45, 2.75) is 32.4 Å². The molecule has 4 nitrogen and oxygen atoms in total. The van der Waals surface area contributed by atoms with E-state index in [-0.39, 0.29) is 5.91 Å². The highest BCUT2D eigenvalue weighted by Crippen LogP contribution is 2.20. The predicted molar refractivity (Wildman–Crippen MR) is 88.0 cm³/mol. The fourth-order valence-electron chi connectivity index (χ4n) is 2.37. The van der Waals surface area contributed by atoms with Crippen LogP contribution in [-0.2, 0) is 6.54 Å². The molecule has 1 fully saturated rings. The first-order valence-corrected chi connectivity index (χ1v) is 7.66. The zero-order valence-corrected chi connectivity index (χ0v) is 13.0. The quantitative estimate of drug-likeness (QED) is 0.922. The highest BCUT2D eigenvalue weighted by atomic mass is 16.1.